The number of carbonyl (C=O) groups excluding carboxylic acids is 1. The number of rotatable bonds is 1. The summed E-state index contributed by atoms with van der Waals surface area (Å²) in [5.41, 5.74) is 5.06. The first-order chi connectivity index (χ1) is 9.16. The van der Waals surface area contributed by atoms with Crippen molar-refractivity contribution in [1.82, 2.24) is 4.98 Å². The summed E-state index contributed by atoms with van der Waals surface area (Å²) in [5.74, 6) is 0.173. The van der Waals surface area contributed by atoms with E-state index in [1.54, 1.807) is 0 Å². The molecule has 0 aliphatic heterocycles. The summed E-state index contributed by atoms with van der Waals surface area (Å²) in [4.78, 5) is 15.6. The third-order valence-electron chi connectivity index (χ3n) is 3.80. The number of hydrogen-bond acceptors (Lipinski definition) is 1. The molecule has 3 heteroatoms. The molecule has 19 heavy (non-hydrogen) atoms. The predicted molar refractivity (Wildman–Crippen MR) is 73.7 cm³/mol. The third kappa shape index (κ3) is 2.01. The van der Waals surface area contributed by atoms with Gasteiger partial charge in [0.2, 0.25) is 0 Å². The Kier molecular flexibility index (Phi) is 2.82. The number of aryl methyl sites for hydroxylation is 2. The summed E-state index contributed by atoms with van der Waals surface area (Å²) in [6.45, 7) is 2.04. The van der Waals surface area contributed by atoms with Crippen LogP contribution >= 0.6 is 0 Å². The van der Waals surface area contributed by atoms with Gasteiger partial charge in [0, 0.05) is 34.7 Å². The van der Waals surface area contributed by atoms with Crippen LogP contribution < -0.4 is 4.57 Å². The lowest BCUT2D eigenvalue weighted by Gasteiger charge is -2.16. The van der Waals surface area contributed by atoms with E-state index >= 15 is 0 Å². The van der Waals surface area contributed by atoms with E-state index in [2.05, 4.69) is 17.2 Å². The Morgan fingerprint density at radius 1 is 1.32 bits per heavy atom. The number of carbonyl (C=O) groups is 1. The van der Waals surface area contributed by atoms with E-state index in [1.807, 2.05) is 43.1 Å². The molecule has 1 aliphatic rings. The number of Topliss-reactive ketones (excluding diaryl/α,β-unsaturated/α-hetero) is 1. The lowest BCUT2D eigenvalue weighted by atomic mass is 9.87. The molecule has 0 fully saturated rings. The van der Waals surface area contributed by atoms with Gasteiger partial charge in [-0.15, -0.1) is 0 Å². The van der Waals surface area contributed by atoms with Crippen molar-refractivity contribution in [2.45, 2.75) is 19.8 Å². The fourth-order valence-electron chi connectivity index (χ4n) is 2.69. The predicted octanol–water partition coefficient (Wildman–Crippen LogP) is 2.44. The van der Waals surface area contributed by atoms with E-state index in [0.717, 1.165) is 40.8 Å². The third-order valence-corrected chi connectivity index (χ3v) is 3.80. The molecular formula is C16H17N2O+. The number of nitrogens with one attached hydrogen (secondary N) is 1. The number of aromatic amines is 1. The quantitative estimate of drug-likeness (QED) is 0.615. The van der Waals surface area contributed by atoms with Gasteiger partial charge in [-0.1, -0.05) is 0 Å². The number of hydrogen-bond donors (Lipinski definition) is 1. The van der Waals surface area contributed by atoms with Crippen LogP contribution in [0.3, 0.4) is 0 Å². The second-order valence-corrected chi connectivity index (χ2v) is 5.06. The SMILES string of the molecule is CC(=C1CCc2[nH]ccc2C1=O)c1ccc[n+](C)c1. The van der Waals surface area contributed by atoms with Crippen molar-refractivity contribution < 1.29 is 9.36 Å². The Hall–Kier alpha value is -2.16. The van der Waals surface area contributed by atoms with Gasteiger partial charge >= 0.3 is 0 Å². The maximum absolute atomic E-state index is 12.5. The lowest BCUT2D eigenvalue weighted by molar-refractivity contribution is -0.671. The smallest absolute Gasteiger partial charge is 0.191 e. The maximum atomic E-state index is 12.5. The zero-order valence-electron chi connectivity index (χ0n) is 11.2. The molecule has 2 aromatic rings. The van der Waals surface area contributed by atoms with Gasteiger partial charge < -0.3 is 4.98 Å². The second-order valence-electron chi connectivity index (χ2n) is 5.06. The first kappa shape index (κ1) is 11.9. The van der Waals surface area contributed by atoms with E-state index < -0.39 is 0 Å². The highest BCUT2D eigenvalue weighted by molar-refractivity contribution is 6.14. The van der Waals surface area contributed by atoms with E-state index in [4.69, 9.17) is 0 Å². The van der Waals surface area contributed by atoms with Gasteiger partial charge in [-0.25, -0.2) is 4.57 Å². The largest absolute Gasteiger partial charge is 0.364 e. The average molecular weight is 253 g/mol. The van der Waals surface area contributed by atoms with Crippen LogP contribution in [0.1, 0.15) is 35.0 Å². The van der Waals surface area contributed by atoms with Crippen LogP contribution in [0.15, 0.2) is 42.4 Å². The number of aromatic nitrogens is 2. The number of H-pyrrole nitrogens is 1. The molecule has 0 saturated heterocycles. The Morgan fingerprint density at radius 3 is 2.95 bits per heavy atom. The topological polar surface area (TPSA) is 36.7 Å². The Bertz CT molecular complexity index is 680. The van der Waals surface area contributed by atoms with Gasteiger partial charge in [0.25, 0.3) is 0 Å². The van der Waals surface area contributed by atoms with E-state index in [1.165, 1.54) is 0 Å². The molecule has 1 aliphatic carbocycles. The first-order valence-electron chi connectivity index (χ1n) is 6.53. The molecule has 1 N–H and O–H groups in total. The molecule has 0 amide bonds. The number of allylic oxidation sites excluding steroid dienone is 2. The van der Waals surface area contributed by atoms with Crippen LogP contribution in [0.25, 0.3) is 5.57 Å². The van der Waals surface area contributed by atoms with Crippen LogP contribution in [0, 0.1) is 0 Å². The Morgan fingerprint density at radius 2 is 2.16 bits per heavy atom. The van der Waals surface area contributed by atoms with Gasteiger partial charge in [-0.05, 0) is 37.5 Å². The summed E-state index contributed by atoms with van der Waals surface area (Å²) in [6, 6.07) is 5.95. The van der Waals surface area contributed by atoms with Crippen molar-refractivity contribution in [2.24, 2.45) is 7.05 Å². The highest BCUT2D eigenvalue weighted by atomic mass is 16.1. The molecule has 3 rings (SSSR count). The van der Waals surface area contributed by atoms with Gasteiger partial charge in [0.15, 0.2) is 18.2 Å². The van der Waals surface area contributed by atoms with Crippen LogP contribution in [-0.2, 0) is 13.5 Å². The molecule has 0 radical (unpaired) electrons. The van der Waals surface area contributed by atoms with E-state index in [9.17, 15) is 4.79 Å². The van der Waals surface area contributed by atoms with Gasteiger partial charge in [-0.3, -0.25) is 4.79 Å². The summed E-state index contributed by atoms with van der Waals surface area (Å²) in [6.07, 6.45) is 7.64. The second kappa shape index (κ2) is 4.50. The van der Waals surface area contributed by atoms with Crippen molar-refractivity contribution in [3.8, 4) is 0 Å². The zero-order chi connectivity index (χ0) is 13.4. The van der Waals surface area contributed by atoms with E-state index in [-0.39, 0.29) is 5.78 Å². The van der Waals surface area contributed by atoms with Crippen molar-refractivity contribution >= 4 is 11.4 Å². The van der Waals surface area contributed by atoms with Gasteiger partial charge in [0.1, 0.15) is 7.05 Å². The monoisotopic (exact) mass is 253 g/mol. The number of fused-ring (bicyclic) bond motifs is 1. The first-order valence-corrected chi connectivity index (χ1v) is 6.53. The highest BCUT2D eigenvalue weighted by Crippen LogP contribution is 2.29. The van der Waals surface area contributed by atoms with Crippen molar-refractivity contribution in [3.63, 3.8) is 0 Å². The summed E-state index contributed by atoms with van der Waals surface area (Å²) in [5, 5.41) is 0. The Balaban J connectivity index is 2.07. The number of nitrogens with zero attached hydrogens (tertiary/aromatic N) is 1. The van der Waals surface area contributed by atoms with Crippen LogP contribution in [0.5, 0.6) is 0 Å². The van der Waals surface area contributed by atoms with Crippen molar-refractivity contribution in [3.05, 3.63) is 59.2 Å². The molecule has 0 aromatic carbocycles. The highest BCUT2D eigenvalue weighted by Gasteiger charge is 2.24. The van der Waals surface area contributed by atoms with Crippen LogP contribution in [0.2, 0.25) is 0 Å². The minimum absolute atomic E-state index is 0.173. The van der Waals surface area contributed by atoms with Crippen molar-refractivity contribution in [1.29, 1.82) is 0 Å². The van der Waals surface area contributed by atoms with Crippen LogP contribution in [0.4, 0.5) is 0 Å². The molecule has 0 spiro atoms. The van der Waals surface area contributed by atoms with E-state index in [0.29, 0.717) is 0 Å². The lowest BCUT2D eigenvalue weighted by Crippen LogP contribution is -2.27. The molecule has 2 aromatic heterocycles. The summed E-state index contributed by atoms with van der Waals surface area (Å²) >= 11 is 0. The van der Waals surface area contributed by atoms with Crippen LogP contribution in [-0.4, -0.2) is 10.8 Å². The minimum Gasteiger partial charge on any atom is -0.364 e. The number of ketones is 1. The molecular weight excluding hydrogens is 236 g/mol. The normalized spacial score (nSPS) is 17.3. The molecule has 96 valence electrons. The standard InChI is InChI=1S/C16H16N2O/c1-11(12-4-3-9-18(2)10-12)13-5-6-15-14(16(13)19)7-8-17-15/h3-4,7-10H,5-6H2,1-2H3/p+1. The zero-order valence-corrected chi connectivity index (χ0v) is 11.2. The summed E-state index contributed by atoms with van der Waals surface area (Å²) in [7, 11) is 1.99. The Labute approximate surface area is 112 Å². The van der Waals surface area contributed by atoms with Gasteiger partial charge in [-0.2, -0.15) is 0 Å². The molecule has 0 bridgehead atoms. The fourth-order valence-corrected chi connectivity index (χ4v) is 2.69. The molecule has 2 heterocycles. The molecule has 0 atom stereocenters. The minimum atomic E-state index is 0.173. The van der Waals surface area contributed by atoms with Gasteiger partial charge in [0.05, 0.1) is 0 Å². The molecule has 3 nitrogen and oxygen atoms in total. The average Bonchev–Trinajstić information content (AvgIpc) is 2.88. The maximum Gasteiger partial charge on any atom is 0.191 e. The molecule has 0 unspecified atom stereocenters. The summed E-state index contributed by atoms with van der Waals surface area (Å²) < 4.78 is 2.01. The number of pyridine rings is 1. The fraction of sp³-hybridized carbons (Fsp3) is 0.250. The molecule has 0 saturated carbocycles. The van der Waals surface area contributed by atoms with Crippen molar-refractivity contribution in [2.75, 3.05) is 0 Å².